The highest BCUT2D eigenvalue weighted by Crippen LogP contribution is 2.35. The predicted octanol–water partition coefficient (Wildman–Crippen LogP) is 2.36. The maximum absolute atomic E-state index is 14.0. The van der Waals surface area contributed by atoms with Crippen LogP contribution >= 0.6 is 0 Å². The van der Waals surface area contributed by atoms with Crippen molar-refractivity contribution in [2.45, 2.75) is 13.0 Å². The first kappa shape index (κ1) is 17.7. The van der Waals surface area contributed by atoms with Gasteiger partial charge in [0.15, 0.2) is 0 Å². The van der Waals surface area contributed by atoms with Gasteiger partial charge < -0.3 is 14.8 Å². The molecule has 0 saturated carbocycles. The number of aromatic nitrogens is 1. The zero-order valence-corrected chi connectivity index (χ0v) is 14.4. The normalized spacial score (nSPS) is 16.3. The second-order valence-electron chi connectivity index (χ2n) is 5.78. The Labute approximate surface area is 149 Å². The van der Waals surface area contributed by atoms with Gasteiger partial charge in [-0.05, 0) is 24.3 Å². The van der Waals surface area contributed by atoms with E-state index in [1.165, 1.54) is 25.1 Å². The summed E-state index contributed by atoms with van der Waals surface area (Å²) in [6, 6.07) is 8.24. The van der Waals surface area contributed by atoms with Gasteiger partial charge in [0, 0.05) is 30.3 Å². The van der Waals surface area contributed by atoms with Crippen molar-refractivity contribution < 1.29 is 23.5 Å². The number of rotatable bonds is 5. The Balaban J connectivity index is 1.85. The third-order valence-electron chi connectivity index (χ3n) is 4.00. The first-order chi connectivity index (χ1) is 12.5. The van der Waals surface area contributed by atoms with Crippen LogP contribution in [0.5, 0.6) is 5.75 Å². The van der Waals surface area contributed by atoms with E-state index in [0.29, 0.717) is 29.1 Å². The number of methoxy groups -OCH3 is 1. The molecule has 0 spiro atoms. The van der Waals surface area contributed by atoms with Crippen molar-refractivity contribution in [3.8, 4) is 16.9 Å². The monoisotopic (exact) mass is 359 g/mol. The van der Waals surface area contributed by atoms with Crippen LogP contribution in [0.25, 0.3) is 11.1 Å². The van der Waals surface area contributed by atoms with Crippen LogP contribution in [0, 0.1) is 5.95 Å². The number of ether oxygens (including phenoxy) is 2. The van der Waals surface area contributed by atoms with E-state index in [1.54, 1.807) is 30.3 Å². The van der Waals surface area contributed by atoms with E-state index in [9.17, 15) is 14.0 Å². The average molecular weight is 359 g/mol. The molecule has 7 nitrogen and oxygen atoms in total. The molecule has 1 fully saturated rings. The molecule has 0 bridgehead atoms. The van der Waals surface area contributed by atoms with Gasteiger partial charge in [-0.1, -0.05) is 0 Å². The third kappa shape index (κ3) is 3.58. The lowest BCUT2D eigenvalue weighted by Crippen LogP contribution is -2.33. The fourth-order valence-corrected chi connectivity index (χ4v) is 2.75. The Morgan fingerprint density at radius 2 is 2.23 bits per heavy atom. The van der Waals surface area contributed by atoms with E-state index in [-0.39, 0.29) is 12.5 Å². The summed E-state index contributed by atoms with van der Waals surface area (Å²) in [6.45, 7) is 1.94. The van der Waals surface area contributed by atoms with E-state index in [1.807, 2.05) is 0 Å². The highest BCUT2D eigenvalue weighted by Gasteiger charge is 2.32. The number of nitrogens with one attached hydrogen (secondary N) is 1. The fraction of sp³-hybridized carbons (Fsp3) is 0.278. The summed E-state index contributed by atoms with van der Waals surface area (Å²) in [7, 11) is 1.47. The molecule has 8 heteroatoms. The van der Waals surface area contributed by atoms with Crippen molar-refractivity contribution in [2.24, 2.45) is 0 Å². The van der Waals surface area contributed by atoms with Crippen molar-refractivity contribution in [2.75, 3.05) is 25.1 Å². The molecular weight excluding hydrogens is 341 g/mol. The minimum atomic E-state index is -0.602. The summed E-state index contributed by atoms with van der Waals surface area (Å²) < 4.78 is 24.6. The molecule has 1 N–H and O–H groups in total. The number of carbonyl (C=O) groups excluding carboxylic acids is 2. The van der Waals surface area contributed by atoms with Crippen LogP contribution in [-0.4, -0.2) is 43.3 Å². The van der Waals surface area contributed by atoms with Crippen molar-refractivity contribution in [1.29, 1.82) is 0 Å². The van der Waals surface area contributed by atoms with Crippen LogP contribution < -0.4 is 15.0 Å². The third-order valence-corrected chi connectivity index (χ3v) is 4.00. The number of cyclic esters (lactones) is 1. The zero-order valence-electron chi connectivity index (χ0n) is 14.4. The van der Waals surface area contributed by atoms with Crippen molar-refractivity contribution >= 4 is 17.7 Å². The van der Waals surface area contributed by atoms with Gasteiger partial charge >= 0.3 is 6.09 Å². The number of hydrogen-bond donors (Lipinski definition) is 1. The summed E-state index contributed by atoms with van der Waals surface area (Å²) in [5.41, 5.74) is 1.40. The molecule has 2 amide bonds. The van der Waals surface area contributed by atoms with Crippen molar-refractivity contribution in [3.05, 3.63) is 42.5 Å². The molecule has 136 valence electrons. The molecule has 1 aromatic carbocycles. The van der Waals surface area contributed by atoms with Crippen molar-refractivity contribution in [3.63, 3.8) is 0 Å². The van der Waals surface area contributed by atoms with Gasteiger partial charge in [-0.3, -0.25) is 9.69 Å². The number of benzene rings is 1. The molecule has 0 unspecified atom stereocenters. The Hall–Kier alpha value is -3.16. The molecule has 2 heterocycles. The predicted molar refractivity (Wildman–Crippen MR) is 92.5 cm³/mol. The van der Waals surface area contributed by atoms with E-state index in [2.05, 4.69) is 10.3 Å². The molecule has 1 aromatic heterocycles. The van der Waals surface area contributed by atoms with E-state index < -0.39 is 18.1 Å². The van der Waals surface area contributed by atoms with Crippen LogP contribution in [0.1, 0.15) is 6.92 Å². The van der Waals surface area contributed by atoms with E-state index >= 15 is 0 Å². The molecule has 1 aliphatic heterocycles. The number of nitrogens with zero attached hydrogens (tertiary/aromatic N) is 2. The van der Waals surface area contributed by atoms with Gasteiger partial charge in [0.05, 0.1) is 25.9 Å². The number of anilines is 1. The van der Waals surface area contributed by atoms with Gasteiger partial charge in [0.1, 0.15) is 11.9 Å². The van der Waals surface area contributed by atoms with Crippen LogP contribution in [0.15, 0.2) is 36.5 Å². The first-order valence-electron chi connectivity index (χ1n) is 8.01. The summed E-state index contributed by atoms with van der Waals surface area (Å²) in [6.07, 6.45) is 0.422. The second kappa shape index (κ2) is 7.38. The second-order valence-corrected chi connectivity index (χ2v) is 5.78. The standard InChI is InChI=1S/C18H18FN3O4/c1-11(23)21-9-13-10-22(18(24)26-13)12-5-6-14(16(8-12)25-2)15-4-3-7-20-17(15)19/h3-8,13H,9-10H2,1-2H3,(H,21,23)/t13-/m0/s1. The summed E-state index contributed by atoms with van der Waals surface area (Å²) in [5, 5.41) is 2.62. The SMILES string of the molecule is COc1cc(N2C[C@H](CNC(C)=O)OC2=O)ccc1-c1cccnc1F. The van der Waals surface area contributed by atoms with Gasteiger partial charge in [0.2, 0.25) is 11.9 Å². The Morgan fingerprint density at radius 3 is 2.92 bits per heavy atom. The van der Waals surface area contributed by atoms with Gasteiger partial charge in [-0.15, -0.1) is 0 Å². The highest BCUT2D eigenvalue weighted by molar-refractivity contribution is 5.91. The number of pyridine rings is 1. The van der Waals surface area contributed by atoms with E-state index in [0.717, 1.165) is 0 Å². The first-order valence-corrected chi connectivity index (χ1v) is 8.01. The molecule has 26 heavy (non-hydrogen) atoms. The fourth-order valence-electron chi connectivity index (χ4n) is 2.75. The van der Waals surface area contributed by atoms with Crippen LogP contribution in [0.4, 0.5) is 14.9 Å². The van der Waals surface area contributed by atoms with Crippen molar-refractivity contribution in [1.82, 2.24) is 10.3 Å². The van der Waals surface area contributed by atoms with Gasteiger partial charge in [0.25, 0.3) is 0 Å². The number of halogens is 1. The molecule has 1 atom stereocenters. The zero-order chi connectivity index (χ0) is 18.7. The lowest BCUT2D eigenvalue weighted by molar-refractivity contribution is -0.119. The topological polar surface area (TPSA) is 80.8 Å². The number of carbonyl (C=O) groups is 2. The smallest absolute Gasteiger partial charge is 0.414 e. The summed E-state index contributed by atoms with van der Waals surface area (Å²) in [4.78, 5) is 28.2. The quantitative estimate of drug-likeness (QED) is 0.829. The largest absolute Gasteiger partial charge is 0.496 e. The van der Waals surface area contributed by atoms with Crippen LogP contribution in [0.2, 0.25) is 0 Å². The van der Waals surface area contributed by atoms with E-state index in [4.69, 9.17) is 9.47 Å². The van der Waals surface area contributed by atoms with Crippen LogP contribution in [0.3, 0.4) is 0 Å². The maximum Gasteiger partial charge on any atom is 0.414 e. The molecular formula is C18H18FN3O4. The van der Waals surface area contributed by atoms with Crippen LogP contribution in [-0.2, 0) is 9.53 Å². The average Bonchev–Trinajstić information content (AvgIpc) is 3.01. The molecule has 2 aromatic rings. The summed E-state index contributed by atoms with van der Waals surface area (Å²) >= 11 is 0. The molecule has 1 saturated heterocycles. The summed E-state index contributed by atoms with van der Waals surface area (Å²) in [5.74, 6) is -0.383. The molecule has 1 aliphatic rings. The Morgan fingerprint density at radius 1 is 1.42 bits per heavy atom. The Bertz CT molecular complexity index is 843. The van der Waals surface area contributed by atoms with Gasteiger partial charge in [-0.25, -0.2) is 9.78 Å². The highest BCUT2D eigenvalue weighted by atomic mass is 19.1. The minimum Gasteiger partial charge on any atom is -0.496 e. The molecule has 0 aliphatic carbocycles. The Kier molecular flexibility index (Phi) is 5.01. The molecule has 0 radical (unpaired) electrons. The molecule has 3 rings (SSSR count). The number of amides is 2. The minimum absolute atomic E-state index is 0.191. The maximum atomic E-state index is 14.0. The van der Waals surface area contributed by atoms with Gasteiger partial charge in [-0.2, -0.15) is 4.39 Å². The number of hydrogen-bond acceptors (Lipinski definition) is 5. The lowest BCUT2D eigenvalue weighted by atomic mass is 10.1. The lowest BCUT2D eigenvalue weighted by Gasteiger charge is -2.16.